The molecule has 0 aromatic heterocycles. The first kappa shape index (κ1) is 17.9. The van der Waals surface area contributed by atoms with Crippen LogP contribution in [0.25, 0.3) is 0 Å². The lowest BCUT2D eigenvalue weighted by Crippen LogP contribution is -2.45. The molecule has 1 heterocycles. The van der Waals surface area contributed by atoms with Gasteiger partial charge in [0.15, 0.2) is 0 Å². The van der Waals surface area contributed by atoms with Crippen molar-refractivity contribution in [2.24, 2.45) is 0 Å². The number of hydrogen-bond acceptors (Lipinski definition) is 2. The monoisotopic (exact) mass is 318 g/mol. The zero-order valence-corrected chi connectivity index (χ0v) is 12.9. The van der Waals surface area contributed by atoms with E-state index in [0.29, 0.717) is 0 Å². The Kier molecular flexibility index (Phi) is 6.10. The molecular weight excluding hydrogens is 298 g/mol. The Balaban J connectivity index is 0.00000220. The molecule has 1 aliphatic rings. The Hall–Kier alpha value is -1.20. The number of carbonyl (C=O) groups is 1. The number of amides is 1. The summed E-state index contributed by atoms with van der Waals surface area (Å²) in [6.45, 7) is 3.48. The molecule has 1 amide bonds. The topological polar surface area (TPSA) is 41.1 Å². The van der Waals surface area contributed by atoms with Crippen molar-refractivity contribution in [3.8, 4) is 0 Å². The number of halogens is 3. The van der Waals surface area contributed by atoms with Crippen molar-refractivity contribution in [1.82, 2.24) is 10.6 Å². The molecule has 118 valence electrons. The third kappa shape index (κ3) is 4.64. The highest BCUT2D eigenvalue weighted by Crippen LogP contribution is 2.25. The van der Waals surface area contributed by atoms with Crippen molar-refractivity contribution < 1.29 is 13.6 Å². The fourth-order valence-corrected chi connectivity index (χ4v) is 2.40. The van der Waals surface area contributed by atoms with Crippen LogP contribution in [0.2, 0.25) is 0 Å². The van der Waals surface area contributed by atoms with Crippen molar-refractivity contribution >= 4 is 18.3 Å². The zero-order valence-electron chi connectivity index (χ0n) is 12.1. The molecule has 0 radical (unpaired) electrons. The Morgan fingerprint density at radius 3 is 2.48 bits per heavy atom. The second-order valence-corrected chi connectivity index (χ2v) is 5.49. The predicted molar refractivity (Wildman–Crippen MR) is 81.1 cm³/mol. The van der Waals surface area contributed by atoms with Gasteiger partial charge in [-0.05, 0) is 12.5 Å². The Morgan fingerprint density at radius 2 is 1.95 bits per heavy atom. The van der Waals surface area contributed by atoms with Crippen LogP contribution in [0, 0.1) is 0 Å². The van der Waals surface area contributed by atoms with Gasteiger partial charge in [0.25, 0.3) is 5.92 Å². The molecule has 3 atom stereocenters. The van der Waals surface area contributed by atoms with Gasteiger partial charge in [0.2, 0.25) is 5.91 Å². The Morgan fingerprint density at radius 1 is 1.33 bits per heavy atom. The smallest absolute Gasteiger partial charge is 0.262 e. The number of hydrogen-bond donors (Lipinski definition) is 2. The van der Waals surface area contributed by atoms with E-state index in [4.69, 9.17) is 0 Å². The summed E-state index contributed by atoms with van der Waals surface area (Å²) in [6.07, 6.45) is -0.425. The second-order valence-electron chi connectivity index (χ2n) is 5.49. The summed E-state index contributed by atoms with van der Waals surface area (Å²) in [4.78, 5) is 12.0. The molecule has 0 bridgehead atoms. The van der Waals surface area contributed by atoms with Gasteiger partial charge >= 0.3 is 0 Å². The van der Waals surface area contributed by atoms with E-state index in [2.05, 4.69) is 10.6 Å². The highest BCUT2D eigenvalue weighted by atomic mass is 35.5. The summed E-state index contributed by atoms with van der Waals surface area (Å²) in [7, 11) is 0. The highest BCUT2D eigenvalue weighted by Gasteiger charge is 2.42. The van der Waals surface area contributed by atoms with Crippen LogP contribution < -0.4 is 10.6 Å². The molecule has 2 N–H and O–H groups in total. The van der Waals surface area contributed by atoms with Crippen LogP contribution in [0.4, 0.5) is 8.78 Å². The fourth-order valence-electron chi connectivity index (χ4n) is 2.40. The molecule has 0 aliphatic carbocycles. The first-order valence-corrected chi connectivity index (χ1v) is 6.85. The predicted octanol–water partition coefficient (Wildman–Crippen LogP) is 2.71. The van der Waals surface area contributed by atoms with E-state index in [1.165, 1.54) is 0 Å². The summed E-state index contributed by atoms with van der Waals surface area (Å²) in [5.41, 5.74) is 1.12. The average molecular weight is 319 g/mol. The van der Waals surface area contributed by atoms with Gasteiger partial charge in [0.1, 0.15) is 0 Å². The van der Waals surface area contributed by atoms with Crippen molar-refractivity contribution in [1.29, 1.82) is 0 Å². The summed E-state index contributed by atoms with van der Waals surface area (Å²) in [6, 6.07) is 8.91. The summed E-state index contributed by atoms with van der Waals surface area (Å²) >= 11 is 0. The Bertz CT molecular complexity index is 470. The molecule has 1 aliphatic heterocycles. The van der Waals surface area contributed by atoms with Gasteiger partial charge in [0, 0.05) is 18.4 Å². The van der Waals surface area contributed by atoms with Crippen LogP contribution in [0.1, 0.15) is 31.7 Å². The van der Waals surface area contributed by atoms with Gasteiger partial charge in [-0.25, -0.2) is 8.78 Å². The van der Waals surface area contributed by atoms with E-state index in [1.54, 1.807) is 0 Å². The minimum Gasteiger partial charge on any atom is -0.352 e. The molecule has 1 saturated heterocycles. The van der Waals surface area contributed by atoms with Crippen LogP contribution in [0.5, 0.6) is 0 Å². The third-order valence-corrected chi connectivity index (χ3v) is 3.87. The van der Waals surface area contributed by atoms with Crippen molar-refractivity contribution in [3.63, 3.8) is 0 Å². The van der Waals surface area contributed by atoms with Crippen LogP contribution in [-0.2, 0) is 4.79 Å². The first-order valence-electron chi connectivity index (χ1n) is 6.85. The fraction of sp³-hybridized carbons (Fsp3) is 0.533. The van der Waals surface area contributed by atoms with E-state index in [0.717, 1.165) is 5.56 Å². The molecule has 21 heavy (non-hydrogen) atoms. The lowest BCUT2D eigenvalue weighted by Gasteiger charge is -2.23. The van der Waals surface area contributed by atoms with E-state index in [1.807, 2.05) is 44.2 Å². The van der Waals surface area contributed by atoms with E-state index in [9.17, 15) is 13.6 Å². The molecule has 0 spiro atoms. The standard InChI is InChI=1S/C15H20F2N2O.ClH/c1-10(12-6-4-3-5-7-12)11(2)19-14(20)13-8-15(16,17)9-18-13;/h3-7,10-11,13,18H,8-9H2,1-2H3,(H,19,20);1H. The molecule has 1 aromatic rings. The van der Waals surface area contributed by atoms with Crippen LogP contribution in [-0.4, -0.2) is 30.5 Å². The van der Waals surface area contributed by atoms with Crippen molar-refractivity contribution in [2.75, 3.05) is 6.54 Å². The van der Waals surface area contributed by atoms with Gasteiger partial charge in [-0.2, -0.15) is 0 Å². The molecule has 0 saturated carbocycles. The molecule has 3 unspecified atom stereocenters. The maximum Gasteiger partial charge on any atom is 0.262 e. The van der Waals surface area contributed by atoms with E-state index in [-0.39, 0.29) is 30.3 Å². The minimum atomic E-state index is -2.78. The van der Waals surface area contributed by atoms with E-state index < -0.39 is 24.9 Å². The van der Waals surface area contributed by atoms with Crippen LogP contribution in [0.3, 0.4) is 0 Å². The number of alkyl halides is 2. The largest absolute Gasteiger partial charge is 0.352 e. The normalized spacial score (nSPS) is 23.0. The van der Waals surface area contributed by atoms with Gasteiger partial charge < -0.3 is 5.32 Å². The first-order chi connectivity index (χ1) is 9.39. The molecule has 3 nitrogen and oxygen atoms in total. The third-order valence-electron chi connectivity index (χ3n) is 3.87. The summed E-state index contributed by atoms with van der Waals surface area (Å²) in [5.74, 6) is -3.00. The number of rotatable bonds is 4. The lowest BCUT2D eigenvalue weighted by molar-refractivity contribution is -0.124. The SMILES string of the molecule is CC(NC(=O)C1CC(F)(F)CN1)C(C)c1ccccc1.Cl. The van der Waals surface area contributed by atoms with Gasteiger partial charge in [-0.15, -0.1) is 12.4 Å². The van der Waals surface area contributed by atoms with Crippen LogP contribution in [0.15, 0.2) is 30.3 Å². The lowest BCUT2D eigenvalue weighted by atomic mass is 9.94. The van der Waals surface area contributed by atoms with Crippen molar-refractivity contribution in [3.05, 3.63) is 35.9 Å². The molecule has 1 fully saturated rings. The van der Waals surface area contributed by atoms with E-state index >= 15 is 0 Å². The maximum absolute atomic E-state index is 13.1. The molecule has 6 heteroatoms. The summed E-state index contributed by atoms with van der Waals surface area (Å²) in [5, 5.41) is 5.39. The molecular formula is C15H21ClF2N2O. The van der Waals surface area contributed by atoms with Crippen molar-refractivity contribution in [2.45, 2.75) is 44.2 Å². The molecule has 2 rings (SSSR count). The quantitative estimate of drug-likeness (QED) is 0.896. The highest BCUT2D eigenvalue weighted by molar-refractivity contribution is 5.85. The van der Waals surface area contributed by atoms with Gasteiger partial charge in [-0.1, -0.05) is 37.3 Å². The van der Waals surface area contributed by atoms with Gasteiger partial charge in [-0.3, -0.25) is 10.1 Å². The second kappa shape index (κ2) is 7.18. The summed E-state index contributed by atoms with van der Waals surface area (Å²) < 4.78 is 26.1. The Labute approximate surface area is 129 Å². The number of carbonyl (C=O) groups excluding carboxylic acids is 1. The van der Waals surface area contributed by atoms with Gasteiger partial charge in [0.05, 0.1) is 12.6 Å². The maximum atomic E-state index is 13.1. The number of benzene rings is 1. The van der Waals surface area contributed by atoms with Crippen LogP contribution >= 0.6 is 12.4 Å². The minimum absolute atomic E-state index is 0. The molecule has 1 aromatic carbocycles. The zero-order chi connectivity index (χ0) is 14.8. The number of nitrogens with one attached hydrogen (secondary N) is 2. The average Bonchev–Trinajstić information content (AvgIpc) is 2.79.